The van der Waals surface area contributed by atoms with Gasteiger partial charge in [0.15, 0.2) is 0 Å². The molecule has 2 fully saturated rings. The predicted octanol–water partition coefficient (Wildman–Crippen LogP) is 2.62. The summed E-state index contributed by atoms with van der Waals surface area (Å²) in [6, 6.07) is 11.5. The molecule has 1 N–H and O–H groups in total. The quantitative estimate of drug-likeness (QED) is 0.375. The largest absolute Gasteiger partial charge is 0.507 e. The third-order valence-electron chi connectivity index (χ3n) is 5.87. The van der Waals surface area contributed by atoms with Crippen LogP contribution in [0, 0.1) is 0 Å². The highest BCUT2D eigenvalue weighted by Gasteiger charge is 2.46. The van der Waals surface area contributed by atoms with E-state index in [0.29, 0.717) is 49.9 Å². The Morgan fingerprint density at radius 1 is 1.12 bits per heavy atom. The minimum absolute atomic E-state index is 0.0582. The average Bonchev–Trinajstić information content (AvgIpc) is 3.12. The van der Waals surface area contributed by atoms with Crippen LogP contribution in [0.2, 0.25) is 0 Å². The molecule has 1 atom stereocenters. The number of hydrogen-bond donors (Lipinski definition) is 1. The van der Waals surface area contributed by atoms with Gasteiger partial charge in [-0.25, -0.2) is 0 Å². The zero-order chi connectivity index (χ0) is 23.2. The Kier molecular flexibility index (Phi) is 7.36. The van der Waals surface area contributed by atoms with Crippen LogP contribution in [0.5, 0.6) is 5.75 Å². The van der Waals surface area contributed by atoms with Crippen LogP contribution in [-0.4, -0.2) is 77.6 Å². The fraction of sp³-hybridized carbons (Fsp3) is 0.400. The number of rotatable bonds is 8. The second-order valence-corrected chi connectivity index (χ2v) is 8.07. The number of aliphatic hydroxyl groups excluding tert-OH is 1. The molecule has 0 bridgehead atoms. The first-order chi connectivity index (χ1) is 16.1. The Morgan fingerprint density at radius 2 is 1.88 bits per heavy atom. The molecule has 0 radical (unpaired) electrons. The van der Waals surface area contributed by atoms with Crippen molar-refractivity contribution in [2.24, 2.45) is 0 Å². The van der Waals surface area contributed by atoms with Gasteiger partial charge in [0.25, 0.3) is 11.7 Å². The number of benzene rings is 1. The van der Waals surface area contributed by atoms with Crippen molar-refractivity contribution in [2.75, 3.05) is 46.0 Å². The molecule has 174 valence electrons. The third kappa shape index (κ3) is 5.07. The average molecular weight is 452 g/mol. The molecular formula is C25H29N3O5. The Bertz CT molecular complexity index is 1000. The van der Waals surface area contributed by atoms with Crippen molar-refractivity contribution in [2.45, 2.75) is 19.4 Å². The van der Waals surface area contributed by atoms with Gasteiger partial charge < -0.3 is 19.5 Å². The molecular weight excluding hydrogens is 422 g/mol. The predicted molar refractivity (Wildman–Crippen MR) is 123 cm³/mol. The lowest BCUT2D eigenvalue weighted by Crippen LogP contribution is -2.42. The molecule has 2 aromatic rings. The van der Waals surface area contributed by atoms with Gasteiger partial charge in [0.2, 0.25) is 0 Å². The lowest BCUT2D eigenvalue weighted by Gasteiger charge is -2.30. The van der Waals surface area contributed by atoms with Crippen LogP contribution in [0.1, 0.15) is 30.6 Å². The zero-order valence-corrected chi connectivity index (χ0v) is 18.8. The van der Waals surface area contributed by atoms with E-state index < -0.39 is 17.7 Å². The lowest BCUT2D eigenvalue weighted by molar-refractivity contribution is -0.140. The number of hydrogen-bond acceptors (Lipinski definition) is 7. The fourth-order valence-corrected chi connectivity index (χ4v) is 4.11. The number of morpholine rings is 1. The van der Waals surface area contributed by atoms with Crippen LogP contribution in [0.4, 0.5) is 0 Å². The number of carbonyl (C=O) groups excluding carboxylic acids is 2. The maximum absolute atomic E-state index is 13.1. The Morgan fingerprint density at radius 3 is 2.55 bits per heavy atom. The van der Waals surface area contributed by atoms with Crippen LogP contribution in [0.25, 0.3) is 5.76 Å². The van der Waals surface area contributed by atoms with Gasteiger partial charge in [-0.3, -0.25) is 19.5 Å². The summed E-state index contributed by atoms with van der Waals surface area (Å²) in [7, 11) is 0. The molecule has 1 unspecified atom stereocenters. The Balaban J connectivity index is 1.66. The van der Waals surface area contributed by atoms with E-state index in [1.54, 1.807) is 42.6 Å². The lowest BCUT2D eigenvalue weighted by atomic mass is 9.98. The molecule has 8 heteroatoms. The Hall–Kier alpha value is -3.23. The molecule has 2 saturated heterocycles. The standard InChI is InChI=1S/C25H29N3O5/c1-2-15-33-19-8-6-18(7-9-19)23(29)21-22(20-5-3-4-10-26-20)28(25(31)24(21)30)12-11-27-13-16-32-17-14-27/h3-10,22,29H,2,11-17H2,1H3. The second kappa shape index (κ2) is 10.6. The molecule has 0 spiro atoms. The van der Waals surface area contributed by atoms with Gasteiger partial charge in [0.1, 0.15) is 17.6 Å². The van der Waals surface area contributed by atoms with Crippen LogP contribution in [-0.2, 0) is 14.3 Å². The van der Waals surface area contributed by atoms with E-state index in [-0.39, 0.29) is 11.3 Å². The zero-order valence-electron chi connectivity index (χ0n) is 18.8. The van der Waals surface area contributed by atoms with Gasteiger partial charge >= 0.3 is 0 Å². The van der Waals surface area contributed by atoms with E-state index in [1.165, 1.54) is 4.90 Å². The van der Waals surface area contributed by atoms with Crippen LogP contribution in [0.3, 0.4) is 0 Å². The molecule has 1 amide bonds. The van der Waals surface area contributed by atoms with Gasteiger partial charge in [-0.1, -0.05) is 13.0 Å². The number of ketones is 1. The number of aromatic nitrogens is 1. The summed E-state index contributed by atoms with van der Waals surface area (Å²) in [4.78, 5) is 34.2. The van der Waals surface area contributed by atoms with Crippen LogP contribution in [0.15, 0.2) is 54.2 Å². The number of pyridine rings is 1. The highest BCUT2D eigenvalue weighted by molar-refractivity contribution is 6.46. The highest BCUT2D eigenvalue weighted by Crippen LogP contribution is 2.38. The van der Waals surface area contributed by atoms with Crippen molar-refractivity contribution >= 4 is 17.4 Å². The molecule has 1 aromatic carbocycles. The number of carbonyl (C=O) groups is 2. The number of likely N-dealkylation sites (tertiary alicyclic amines) is 1. The van der Waals surface area contributed by atoms with E-state index in [0.717, 1.165) is 19.5 Å². The van der Waals surface area contributed by atoms with E-state index in [1.807, 2.05) is 13.0 Å². The van der Waals surface area contributed by atoms with Crippen molar-refractivity contribution in [3.05, 3.63) is 65.5 Å². The van der Waals surface area contributed by atoms with Gasteiger partial charge in [-0.05, 0) is 42.8 Å². The maximum Gasteiger partial charge on any atom is 0.295 e. The summed E-state index contributed by atoms with van der Waals surface area (Å²) in [5.41, 5.74) is 1.05. The summed E-state index contributed by atoms with van der Waals surface area (Å²) in [5.74, 6) is -0.847. The van der Waals surface area contributed by atoms with Gasteiger partial charge in [0.05, 0.1) is 31.1 Å². The number of amides is 1. The Labute approximate surface area is 193 Å². The first-order valence-electron chi connectivity index (χ1n) is 11.3. The first-order valence-corrected chi connectivity index (χ1v) is 11.3. The van der Waals surface area contributed by atoms with Crippen molar-refractivity contribution in [3.8, 4) is 5.75 Å². The molecule has 8 nitrogen and oxygen atoms in total. The summed E-state index contributed by atoms with van der Waals surface area (Å²) < 4.78 is 11.0. The van der Waals surface area contributed by atoms with Gasteiger partial charge in [0, 0.05) is 37.9 Å². The summed E-state index contributed by atoms with van der Waals surface area (Å²) in [5, 5.41) is 11.1. The molecule has 0 aliphatic carbocycles. The molecule has 3 heterocycles. The maximum atomic E-state index is 13.1. The normalized spacial score (nSPS) is 20.9. The van der Waals surface area contributed by atoms with Gasteiger partial charge in [-0.15, -0.1) is 0 Å². The monoisotopic (exact) mass is 451 g/mol. The number of Topliss-reactive ketones (excluding diaryl/α,β-unsaturated/α-hetero) is 1. The molecule has 0 saturated carbocycles. The van der Waals surface area contributed by atoms with Crippen LogP contribution < -0.4 is 4.74 Å². The minimum Gasteiger partial charge on any atom is -0.507 e. The topological polar surface area (TPSA) is 92.2 Å². The minimum atomic E-state index is -0.747. The number of aliphatic hydroxyl groups is 1. The number of nitrogens with zero attached hydrogens (tertiary/aromatic N) is 3. The van der Waals surface area contributed by atoms with E-state index in [4.69, 9.17) is 9.47 Å². The second-order valence-electron chi connectivity index (χ2n) is 8.07. The summed E-state index contributed by atoms with van der Waals surface area (Å²) in [6.07, 6.45) is 2.51. The molecule has 4 rings (SSSR count). The van der Waals surface area contributed by atoms with Crippen molar-refractivity contribution in [1.82, 2.24) is 14.8 Å². The van der Waals surface area contributed by atoms with E-state index >= 15 is 0 Å². The van der Waals surface area contributed by atoms with Crippen molar-refractivity contribution < 1.29 is 24.2 Å². The smallest absolute Gasteiger partial charge is 0.295 e. The molecule has 2 aliphatic rings. The van der Waals surface area contributed by atoms with Crippen molar-refractivity contribution in [3.63, 3.8) is 0 Å². The van der Waals surface area contributed by atoms with Gasteiger partial charge in [-0.2, -0.15) is 0 Å². The van der Waals surface area contributed by atoms with Crippen LogP contribution >= 0.6 is 0 Å². The third-order valence-corrected chi connectivity index (χ3v) is 5.87. The number of ether oxygens (including phenoxy) is 2. The highest BCUT2D eigenvalue weighted by atomic mass is 16.5. The fourth-order valence-electron chi connectivity index (χ4n) is 4.11. The first kappa shape index (κ1) is 22.9. The SMILES string of the molecule is CCCOc1ccc(C(O)=C2C(=O)C(=O)N(CCN3CCOCC3)C2c2ccccn2)cc1. The molecule has 33 heavy (non-hydrogen) atoms. The van der Waals surface area contributed by atoms with Crippen molar-refractivity contribution in [1.29, 1.82) is 0 Å². The molecule has 2 aliphatic heterocycles. The van der Waals surface area contributed by atoms with E-state index in [9.17, 15) is 14.7 Å². The summed E-state index contributed by atoms with van der Waals surface area (Å²) in [6.45, 7) is 6.46. The summed E-state index contributed by atoms with van der Waals surface area (Å²) >= 11 is 0. The van der Waals surface area contributed by atoms with E-state index in [2.05, 4.69) is 9.88 Å². The molecule has 1 aromatic heterocycles.